The molecule has 0 bridgehead atoms. The molecule has 58 valence electrons. The minimum atomic E-state index is -0.417. The van der Waals surface area contributed by atoms with Crippen LogP contribution in [0.5, 0.6) is 0 Å². The van der Waals surface area contributed by atoms with E-state index in [1.807, 2.05) is 0 Å². The van der Waals surface area contributed by atoms with Gasteiger partial charge in [-0.25, -0.2) is 0 Å². The number of nitrogens with two attached hydrogens (primary N) is 2. The van der Waals surface area contributed by atoms with Crippen LogP contribution in [0.2, 0.25) is 0 Å². The molecule has 0 aliphatic heterocycles. The van der Waals surface area contributed by atoms with Crippen LogP contribution < -0.4 is 8.58 Å². The summed E-state index contributed by atoms with van der Waals surface area (Å²) < 4.78 is 9.47. The summed E-state index contributed by atoms with van der Waals surface area (Å²) in [6, 6.07) is 0. The van der Waals surface area contributed by atoms with E-state index in [1.54, 1.807) is 0 Å². The van der Waals surface area contributed by atoms with E-state index in [0.717, 1.165) is 10.7 Å². The molecule has 0 atom stereocenters. The number of hydrogen-bond acceptors (Lipinski definition) is 8. The second kappa shape index (κ2) is 52.5. The van der Waals surface area contributed by atoms with Crippen LogP contribution in [0.15, 0.2) is 10.7 Å². The molecule has 0 aromatic rings. The molecule has 0 aliphatic carbocycles. The third-order valence-corrected chi connectivity index (χ3v) is 0. The molecule has 0 rings (SSSR count). The Bertz CT molecular complexity index is 41.8. The molecule has 0 amide bonds. The van der Waals surface area contributed by atoms with Gasteiger partial charge in [-0.05, 0) is 0 Å². The molecular formula is H4N4O4Pt. The fourth-order valence-electron chi connectivity index (χ4n) is 0. The topological polar surface area (TPSA) is 157 Å². The molecular weight excluding hydrogens is 315 g/mol. The van der Waals surface area contributed by atoms with Crippen LogP contribution in [0.25, 0.3) is 0 Å². The Morgan fingerprint density at radius 3 is 1.11 bits per heavy atom. The summed E-state index contributed by atoms with van der Waals surface area (Å²) in [4.78, 5) is 16.0. The van der Waals surface area contributed by atoms with Crippen LogP contribution in [0.1, 0.15) is 0 Å². The van der Waals surface area contributed by atoms with E-state index in [0.29, 0.717) is 0 Å². The molecule has 0 spiro atoms. The Morgan fingerprint density at radius 2 is 1.11 bits per heavy atom. The van der Waals surface area contributed by atoms with Gasteiger partial charge >= 0.3 is 27.6 Å². The normalized spacial score (nSPS) is 5.11. The third-order valence-electron chi connectivity index (χ3n) is 0. The Labute approximate surface area is 59.2 Å². The van der Waals surface area contributed by atoms with E-state index in [4.69, 9.17) is 28.8 Å². The van der Waals surface area contributed by atoms with Crippen molar-refractivity contribution in [3.63, 3.8) is 0 Å². The predicted octanol–water partition coefficient (Wildman–Crippen LogP) is -0.683. The zero-order valence-electron chi connectivity index (χ0n) is 4.00. The van der Waals surface area contributed by atoms with Gasteiger partial charge in [0.1, 0.15) is 0 Å². The second-order valence-electron chi connectivity index (χ2n) is 0.254. The molecule has 0 fully saturated rings. The van der Waals surface area contributed by atoms with Gasteiger partial charge in [0, 0.05) is 0 Å². The van der Waals surface area contributed by atoms with Gasteiger partial charge in [0.15, 0.2) is 0 Å². The Hall–Kier alpha value is -0.592. The first-order chi connectivity index (χ1) is 4.24. The molecule has 4 N–H and O–H groups in total. The first kappa shape index (κ1) is 15.8. The van der Waals surface area contributed by atoms with Crippen LogP contribution in [-0.2, 0) is 19.1 Å². The number of hydrogen-bond donors (Lipinski definition) is 2. The van der Waals surface area contributed by atoms with Gasteiger partial charge in [-0.3, -0.25) is 0 Å². The van der Waals surface area contributed by atoms with Crippen molar-refractivity contribution >= 4 is 0 Å². The summed E-state index contributed by atoms with van der Waals surface area (Å²) in [5.74, 6) is 0. The molecule has 0 unspecified atom stereocenters. The first-order valence-corrected chi connectivity index (χ1v) is 3.72. The predicted molar refractivity (Wildman–Crippen MR) is 26.7 cm³/mol. The summed E-state index contributed by atoms with van der Waals surface area (Å²) >= 11 is -0.417. The van der Waals surface area contributed by atoms with Crippen LogP contribution in [-0.4, -0.2) is 0 Å². The van der Waals surface area contributed by atoms with Gasteiger partial charge in [-0.2, -0.15) is 0 Å². The molecule has 9 heteroatoms. The third kappa shape index (κ3) is 619. The van der Waals surface area contributed by atoms with E-state index in [1.165, 1.54) is 0 Å². The average molecular weight is 319 g/mol. The zero-order valence-corrected chi connectivity index (χ0v) is 6.27. The Kier molecular flexibility index (Phi) is 92.0. The van der Waals surface area contributed by atoms with Gasteiger partial charge < -0.3 is 20.2 Å². The average Bonchev–Trinajstić information content (AvgIpc) is 1.70. The van der Waals surface area contributed by atoms with Crippen LogP contribution in [0, 0.1) is 20.2 Å². The van der Waals surface area contributed by atoms with Gasteiger partial charge in [0.2, 0.25) is 0 Å². The molecule has 0 aromatic carbocycles. The Morgan fingerprint density at radius 1 is 1.11 bits per heavy atom. The monoisotopic (exact) mass is 319 g/mol. The fourth-order valence-corrected chi connectivity index (χ4v) is 0. The standard InChI is InChI=1S/2HNO2.2H2N.Pt/c2*2-1-3;;;/h2*(H,2,3);2*1H2;/q;;2*-1;+4/p-2. The van der Waals surface area contributed by atoms with Crippen molar-refractivity contribution in [2.45, 2.75) is 0 Å². The second-order valence-corrected chi connectivity index (χ2v) is 1.01. The molecule has 0 saturated carbocycles. The van der Waals surface area contributed by atoms with E-state index in [-0.39, 0.29) is 0 Å². The van der Waals surface area contributed by atoms with Crippen molar-refractivity contribution in [3.8, 4) is 0 Å². The van der Waals surface area contributed by atoms with E-state index >= 15 is 0 Å². The SMILES string of the molecule is O=N[O-].O=N[O-].[NH2][Pt+2][NH2]. The molecule has 0 heterocycles. The van der Waals surface area contributed by atoms with Crippen molar-refractivity contribution in [2.24, 2.45) is 19.3 Å². The van der Waals surface area contributed by atoms with Crippen LogP contribution >= 0.6 is 0 Å². The summed E-state index contributed by atoms with van der Waals surface area (Å²) in [6.07, 6.45) is 0. The molecule has 9 heavy (non-hydrogen) atoms. The number of rotatable bonds is 0. The summed E-state index contributed by atoms with van der Waals surface area (Å²) in [6.45, 7) is 0. The van der Waals surface area contributed by atoms with Crippen LogP contribution in [0.4, 0.5) is 0 Å². The summed E-state index contributed by atoms with van der Waals surface area (Å²) in [5.41, 5.74) is 0. The van der Waals surface area contributed by atoms with Gasteiger partial charge in [-0.15, -0.1) is 10.7 Å². The molecule has 0 radical (unpaired) electrons. The number of nitrogens with zero attached hydrogens (tertiary/aromatic N) is 2. The van der Waals surface area contributed by atoms with Gasteiger partial charge in [0.25, 0.3) is 0 Å². The Balaban J connectivity index is -0.0000000600. The first-order valence-electron chi connectivity index (χ1n) is 1.10. The summed E-state index contributed by atoms with van der Waals surface area (Å²) in [7, 11) is 0. The molecule has 0 saturated heterocycles. The van der Waals surface area contributed by atoms with Gasteiger partial charge in [-0.1, -0.05) is 0 Å². The van der Waals surface area contributed by atoms with Gasteiger partial charge in [0.05, 0.1) is 0 Å². The van der Waals surface area contributed by atoms with Crippen molar-refractivity contribution in [1.29, 1.82) is 0 Å². The fraction of sp³-hybridized carbons (Fsp3) is 0. The molecule has 0 aliphatic rings. The van der Waals surface area contributed by atoms with Crippen molar-refractivity contribution in [1.82, 2.24) is 0 Å². The van der Waals surface area contributed by atoms with Crippen molar-refractivity contribution < 1.29 is 19.1 Å². The van der Waals surface area contributed by atoms with Crippen molar-refractivity contribution in [3.05, 3.63) is 20.2 Å². The van der Waals surface area contributed by atoms with E-state index in [2.05, 4.69) is 0 Å². The maximum atomic E-state index is 8.00. The molecule has 0 aromatic heterocycles. The van der Waals surface area contributed by atoms with E-state index < -0.39 is 19.1 Å². The van der Waals surface area contributed by atoms with Crippen LogP contribution in [0.3, 0.4) is 0 Å². The zero-order chi connectivity index (χ0) is 8.12. The maximum absolute atomic E-state index is 8.00. The minimum absolute atomic E-state index is 0.417. The quantitative estimate of drug-likeness (QED) is 0.444. The summed E-state index contributed by atoms with van der Waals surface area (Å²) in [5, 5.41) is 18.0. The molecule has 8 nitrogen and oxygen atoms in total. The van der Waals surface area contributed by atoms with Crippen molar-refractivity contribution in [2.75, 3.05) is 0 Å². The van der Waals surface area contributed by atoms with E-state index in [9.17, 15) is 0 Å².